The summed E-state index contributed by atoms with van der Waals surface area (Å²) in [5.41, 5.74) is 1.46. The van der Waals surface area contributed by atoms with Crippen LogP contribution in [-0.4, -0.2) is 40.4 Å². The molecule has 0 fully saturated rings. The number of rotatable bonds is 11. The van der Waals surface area contributed by atoms with E-state index < -0.39 is 10.0 Å². The van der Waals surface area contributed by atoms with Gasteiger partial charge in [-0.3, -0.25) is 4.72 Å². The minimum atomic E-state index is -3.32. The molecule has 7 heteroatoms. The number of hydrogen-bond acceptors (Lipinski definition) is 4. The lowest BCUT2D eigenvalue weighted by Crippen LogP contribution is -2.17. The highest BCUT2D eigenvalue weighted by Gasteiger charge is 2.10. The summed E-state index contributed by atoms with van der Waals surface area (Å²) in [6.45, 7) is 1.46. The topological polar surface area (TPSA) is 64.6 Å². The fraction of sp³-hybridized carbons (Fsp3) is 0.571. The second-order valence-electron chi connectivity index (χ2n) is 4.56. The average Bonchev–Trinajstić information content (AvgIpc) is 2.44. The van der Waals surface area contributed by atoms with Crippen molar-refractivity contribution < 1.29 is 17.9 Å². The molecule has 0 bridgehead atoms. The second-order valence-corrected chi connectivity index (χ2v) is 6.78. The van der Waals surface area contributed by atoms with Gasteiger partial charge in [0.2, 0.25) is 10.0 Å². The summed E-state index contributed by atoms with van der Waals surface area (Å²) in [6.07, 6.45) is 1.24. The van der Waals surface area contributed by atoms with Crippen LogP contribution in [0.1, 0.15) is 18.4 Å². The maximum atomic E-state index is 11.9. The van der Waals surface area contributed by atoms with E-state index in [0.717, 1.165) is 5.56 Å². The van der Waals surface area contributed by atoms with Crippen molar-refractivity contribution in [1.82, 2.24) is 0 Å². The van der Waals surface area contributed by atoms with E-state index in [1.165, 1.54) is 0 Å². The van der Waals surface area contributed by atoms with Gasteiger partial charge in [0.25, 0.3) is 0 Å². The summed E-state index contributed by atoms with van der Waals surface area (Å²) >= 11 is 5.54. The lowest BCUT2D eigenvalue weighted by Gasteiger charge is -2.09. The highest BCUT2D eigenvalue weighted by Crippen LogP contribution is 2.14. The molecule has 0 heterocycles. The minimum Gasteiger partial charge on any atom is -0.382 e. The van der Waals surface area contributed by atoms with E-state index in [0.29, 0.717) is 44.2 Å². The SMILES string of the molecule is COCCOCc1cccc(NS(=O)(=O)CCCCCl)c1. The molecule has 0 aliphatic heterocycles. The van der Waals surface area contributed by atoms with Crippen LogP contribution < -0.4 is 4.72 Å². The molecule has 0 atom stereocenters. The van der Waals surface area contributed by atoms with E-state index in [1.807, 2.05) is 6.07 Å². The number of ether oxygens (including phenoxy) is 2. The van der Waals surface area contributed by atoms with E-state index >= 15 is 0 Å². The van der Waals surface area contributed by atoms with E-state index in [4.69, 9.17) is 21.1 Å². The third kappa shape index (κ3) is 8.26. The second kappa shape index (κ2) is 10.00. The van der Waals surface area contributed by atoms with Gasteiger partial charge in [-0.1, -0.05) is 12.1 Å². The van der Waals surface area contributed by atoms with Gasteiger partial charge in [-0.2, -0.15) is 0 Å². The predicted molar refractivity (Wildman–Crippen MR) is 85.3 cm³/mol. The van der Waals surface area contributed by atoms with Crippen molar-refractivity contribution in [3.05, 3.63) is 29.8 Å². The molecule has 1 aromatic rings. The maximum absolute atomic E-state index is 11.9. The number of halogens is 1. The van der Waals surface area contributed by atoms with Crippen molar-refractivity contribution in [2.24, 2.45) is 0 Å². The van der Waals surface area contributed by atoms with Gasteiger partial charge in [0, 0.05) is 18.7 Å². The molecule has 0 unspecified atom stereocenters. The normalized spacial score (nSPS) is 11.5. The summed E-state index contributed by atoms with van der Waals surface area (Å²) < 4.78 is 36.6. The van der Waals surface area contributed by atoms with Crippen molar-refractivity contribution in [2.75, 3.05) is 36.7 Å². The van der Waals surface area contributed by atoms with Gasteiger partial charge in [0.1, 0.15) is 0 Å². The van der Waals surface area contributed by atoms with Gasteiger partial charge in [-0.15, -0.1) is 11.6 Å². The number of unbranched alkanes of at least 4 members (excludes halogenated alkanes) is 1. The van der Waals surface area contributed by atoms with Crippen LogP contribution in [0.4, 0.5) is 5.69 Å². The molecule has 0 amide bonds. The number of sulfonamides is 1. The largest absolute Gasteiger partial charge is 0.382 e. The van der Waals surface area contributed by atoms with Crippen LogP contribution in [-0.2, 0) is 26.1 Å². The molecule has 0 saturated carbocycles. The minimum absolute atomic E-state index is 0.0777. The maximum Gasteiger partial charge on any atom is 0.232 e. The van der Waals surface area contributed by atoms with Gasteiger partial charge >= 0.3 is 0 Å². The standard InChI is InChI=1S/C14H22ClNO4S/c1-19-8-9-20-12-13-5-4-6-14(11-13)16-21(17,18)10-3-2-7-15/h4-6,11,16H,2-3,7-10,12H2,1H3. The Hall–Kier alpha value is -0.820. The first-order valence-corrected chi connectivity index (χ1v) is 8.98. The number of alkyl halides is 1. The molecule has 5 nitrogen and oxygen atoms in total. The first-order chi connectivity index (χ1) is 10.1. The average molecular weight is 336 g/mol. The Bertz CT molecular complexity index is 507. The number of benzene rings is 1. The Morgan fingerprint density at radius 1 is 1.24 bits per heavy atom. The molecule has 0 aromatic heterocycles. The highest BCUT2D eigenvalue weighted by molar-refractivity contribution is 7.92. The summed E-state index contributed by atoms with van der Waals surface area (Å²) in [6, 6.07) is 7.17. The number of hydrogen-bond donors (Lipinski definition) is 1. The first kappa shape index (κ1) is 18.2. The van der Waals surface area contributed by atoms with Gasteiger partial charge in [-0.05, 0) is 30.5 Å². The monoisotopic (exact) mass is 335 g/mol. The lowest BCUT2D eigenvalue weighted by atomic mass is 10.2. The van der Waals surface area contributed by atoms with E-state index in [-0.39, 0.29) is 5.75 Å². The molecule has 0 radical (unpaired) electrons. The quantitative estimate of drug-likeness (QED) is 0.498. The molecular formula is C14H22ClNO4S. The van der Waals surface area contributed by atoms with Crippen LogP contribution in [0.25, 0.3) is 0 Å². The number of nitrogens with one attached hydrogen (secondary N) is 1. The number of methoxy groups -OCH3 is 1. The van der Waals surface area contributed by atoms with Crippen LogP contribution in [0.5, 0.6) is 0 Å². The van der Waals surface area contributed by atoms with Crippen LogP contribution in [0.3, 0.4) is 0 Å². The van der Waals surface area contributed by atoms with E-state index in [9.17, 15) is 8.42 Å². The van der Waals surface area contributed by atoms with Gasteiger partial charge in [0.15, 0.2) is 0 Å². The van der Waals surface area contributed by atoms with Crippen LogP contribution in [0.15, 0.2) is 24.3 Å². The summed E-state index contributed by atoms with van der Waals surface area (Å²) in [5, 5.41) is 0. The first-order valence-electron chi connectivity index (χ1n) is 6.79. The Morgan fingerprint density at radius 3 is 2.76 bits per heavy atom. The Morgan fingerprint density at radius 2 is 2.05 bits per heavy atom. The van der Waals surface area contributed by atoms with E-state index in [1.54, 1.807) is 25.3 Å². The van der Waals surface area contributed by atoms with Crippen LogP contribution >= 0.6 is 11.6 Å². The zero-order valence-corrected chi connectivity index (χ0v) is 13.8. The molecule has 1 N–H and O–H groups in total. The van der Waals surface area contributed by atoms with Crippen molar-refractivity contribution >= 4 is 27.3 Å². The lowest BCUT2D eigenvalue weighted by molar-refractivity contribution is 0.0617. The third-order valence-electron chi connectivity index (χ3n) is 2.70. The molecule has 0 saturated heterocycles. The molecule has 0 aliphatic rings. The highest BCUT2D eigenvalue weighted by atomic mass is 35.5. The number of anilines is 1. The molecule has 1 aromatic carbocycles. The molecule has 1 rings (SSSR count). The fourth-order valence-corrected chi connectivity index (χ4v) is 3.04. The molecule has 120 valence electrons. The van der Waals surface area contributed by atoms with E-state index in [2.05, 4.69) is 4.72 Å². The molecule has 0 aliphatic carbocycles. The van der Waals surface area contributed by atoms with Crippen LogP contribution in [0, 0.1) is 0 Å². The molecular weight excluding hydrogens is 314 g/mol. The smallest absolute Gasteiger partial charge is 0.232 e. The fourth-order valence-electron chi connectivity index (χ4n) is 1.67. The van der Waals surface area contributed by atoms with Gasteiger partial charge < -0.3 is 9.47 Å². The van der Waals surface area contributed by atoms with Crippen molar-refractivity contribution in [2.45, 2.75) is 19.4 Å². The zero-order chi connectivity index (χ0) is 15.6. The molecule has 21 heavy (non-hydrogen) atoms. The Balaban J connectivity index is 2.51. The third-order valence-corrected chi connectivity index (χ3v) is 4.34. The van der Waals surface area contributed by atoms with Gasteiger partial charge in [-0.25, -0.2) is 8.42 Å². The van der Waals surface area contributed by atoms with Crippen LogP contribution in [0.2, 0.25) is 0 Å². The predicted octanol–water partition coefficient (Wildman–Crippen LogP) is 2.61. The molecule has 0 spiro atoms. The summed E-state index contributed by atoms with van der Waals surface area (Å²) in [4.78, 5) is 0. The van der Waals surface area contributed by atoms with Crippen molar-refractivity contribution in [3.8, 4) is 0 Å². The van der Waals surface area contributed by atoms with Gasteiger partial charge in [0.05, 0.1) is 25.6 Å². The Kier molecular flexibility index (Phi) is 8.68. The summed E-state index contributed by atoms with van der Waals surface area (Å²) in [7, 11) is -1.71. The summed E-state index contributed by atoms with van der Waals surface area (Å²) in [5.74, 6) is 0.554. The zero-order valence-electron chi connectivity index (χ0n) is 12.2. The van der Waals surface area contributed by atoms with Crippen molar-refractivity contribution in [1.29, 1.82) is 0 Å². The van der Waals surface area contributed by atoms with Crippen molar-refractivity contribution in [3.63, 3.8) is 0 Å². The Labute approximate surface area is 131 Å².